The summed E-state index contributed by atoms with van der Waals surface area (Å²) in [6.45, 7) is 1.20. The largest absolute Gasteiger partial charge is 0.481 e. The van der Waals surface area contributed by atoms with Crippen molar-refractivity contribution in [3.8, 4) is 0 Å². The van der Waals surface area contributed by atoms with Crippen molar-refractivity contribution in [2.45, 2.75) is 12.8 Å². The van der Waals surface area contributed by atoms with Crippen LogP contribution in [0.15, 0.2) is 18.2 Å². The van der Waals surface area contributed by atoms with E-state index in [0.29, 0.717) is 0 Å². The van der Waals surface area contributed by atoms with E-state index in [1.54, 1.807) is 4.90 Å². The normalized spacial score (nSPS) is 21.9. The molecule has 2 aliphatic rings. The molecule has 2 aliphatic heterocycles. The highest BCUT2D eigenvalue weighted by molar-refractivity contribution is 5.99. The lowest BCUT2D eigenvalue weighted by atomic mass is 10.1. The van der Waals surface area contributed by atoms with Gasteiger partial charge in [-0.25, -0.2) is 0 Å². The first-order valence-corrected chi connectivity index (χ1v) is 6.05. The number of nitrogens with zero attached hydrogens (tertiary/aromatic N) is 1. The topological polar surface area (TPSA) is 69.6 Å². The Bertz CT molecular complexity index is 527. The van der Waals surface area contributed by atoms with Crippen molar-refractivity contribution in [1.82, 2.24) is 0 Å². The van der Waals surface area contributed by atoms with Crippen LogP contribution >= 0.6 is 0 Å². The molecule has 18 heavy (non-hydrogen) atoms. The molecule has 1 saturated heterocycles. The Morgan fingerprint density at radius 3 is 3.00 bits per heavy atom. The van der Waals surface area contributed by atoms with Crippen molar-refractivity contribution in [2.75, 3.05) is 23.3 Å². The molecule has 0 spiro atoms. The number of rotatable bonds is 2. The zero-order chi connectivity index (χ0) is 12.7. The van der Waals surface area contributed by atoms with Crippen molar-refractivity contribution < 1.29 is 14.7 Å². The van der Waals surface area contributed by atoms with Crippen LogP contribution in [0.1, 0.15) is 12.0 Å². The predicted molar refractivity (Wildman–Crippen MR) is 66.7 cm³/mol. The molecule has 94 valence electrons. The minimum atomic E-state index is -0.895. The van der Waals surface area contributed by atoms with Gasteiger partial charge < -0.3 is 15.3 Å². The standard InChI is InChI=1S/C13H14N2O3/c16-12-6-9(13(17)18)7-15(12)10-1-2-11-8(5-10)3-4-14-11/h1-2,5,9,14H,3-4,6-7H2,(H,17,18). The number of carboxylic acids is 1. The molecule has 1 fully saturated rings. The third-order valence-corrected chi connectivity index (χ3v) is 3.58. The molecule has 5 nitrogen and oxygen atoms in total. The second-order valence-corrected chi connectivity index (χ2v) is 4.76. The Hall–Kier alpha value is -2.04. The van der Waals surface area contributed by atoms with Gasteiger partial charge in [0.15, 0.2) is 0 Å². The van der Waals surface area contributed by atoms with E-state index in [2.05, 4.69) is 5.32 Å². The van der Waals surface area contributed by atoms with Crippen LogP contribution < -0.4 is 10.2 Å². The third kappa shape index (κ3) is 1.72. The van der Waals surface area contributed by atoms with E-state index in [-0.39, 0.29) is 18.9 Å². The SMILES string of the molecule is O=C(O)C1CC(=O)N(c2ccc3c(c2)CCN3)C1. The molecule has 1 atom stereocenters. The number of nitrogens with one attached hydrogen (secondary N) is 1. The lowest BCUT2D eigenvalue weighted by molar-refractivity contribution is -0.141. The number of carbonyl (C=O) groups is 2. The summed E-state index contributed by atoms with van der Waals surface area (Å²) in [5, 5.41) is 12.2. The van der Waals surface area contributed by atoms with Crippen LogP contribution in [0.25, 0.3) is 0 Å². The van der Waals surface area contributed by atoms with Crippen LogP contribution in [-0.2, 0) is 16.0 Å². The molecule has 5 heteroatoms. The van der Waals surface area contributed by atoms with E-state index in [0.717, 1.165) is 24.3 Å². The molecular formula is C13H14N2O3. The van der Waals surface area contributed by atoms with E-state index in [9.17, 15) is 9.59 Å². The molecule has 2 heterocycles. The highest BCUT2D eigenvalue weighted by atomic mass is 16.4. The molecule has 1 unspecified atom stereocenters. The summed E-state index contributed by atoms with van der Waals surface area (Å²) in [5.74, 6) is -1.58. The Morgan fingerprint density at radius 1 is 1.44 bits per heavy atom. The number of fused-ring (bicyclic) bond motifs is 1. The van der Waals surface area contributed by atoms with Gasteiger partial charge in [-0.1, -0.05) is 0 Å². The number of hydrogen-bond acceptors (Lipinski definition) is 3. The smallest absolute Gasteiger partial charge is 0.308 e. The second kappa shape index (κ2) is 4.01. The van der Waals surface area contributed by atoms with Crippen LogP contribution in [0.3, 0.4) is 0 Å². The van der Waals surface area contributed by atoms with Crippen LogP contribution in [0.4, 0.5) is 11.4 Å². The number of aliphatic carboxylic acids is 1. The fraction of sp³-hybridized carbons (Fsp3) is 0.385. The molecular weight excluding hydrogens is 232 g/mol. The Balaban J connectivity index is 1.87. The first-order chi connectivity index (χ1) is 8.65. The average molecular weight is 246 g/mol. The highest BCUT2D eigenvalue weighted by Gasteiger charge is 2.35. The number of carboxylic acid groups (broad SMARTS) is 1. The Kier molecular flexibility index (Phi) is 2.47. The van der Waals surface area contributed by atoms with Crippen LogP contribution in [0.2, 0.25) is 0 Å². The van der Waals surface area contributed by atoms with Gasteiger partial charge in [-0.15, -0.1) is 0 Å². The molecule has 0 aromatic heterocycles. The molecule has 0 aliphatic carbocycles. The third-order valence-electron chi connectivity index (χ3n) is 3.58. The molecule has 1 aromatic rings. The lowest BCUT2D eigenvalue weighted by Gasteiger charge is -2.17. The highest BCUT2D eigenvalue weighted by Crippen LogP contribution is 2.30. The van der Waals surface area contributed by atoms with Crippen molar-refractivity contribution in [3.05, 3.63) is 23.8 Å². The van der Waals surface area contributed by atoms with E-state index >= 15 is 0 Å². The number of amides is 1. The van der Waals surface area contributed by atoms with Gasteiger partial charge in [0.1, 0.15) is 0 Å². The fourth-order valence-electron chi connectivity index (χ4n) is 2.58. The maximum Gasteiger partial charge on any atom is 0.308 e. The lowest BCUT2D eigenvalue weighted by Crippen LogP contribution is -2.25. The van der Waals surface area contributed by atoms with E-state index < -0.39 is 11.9 Å². The van der Waals surface area contributed by atoms with Gasteiger partial charge in [0, 0.05) is 30.9 Å². The first kappa shape index (κ1) is 11.1. The zero-order valence-corrected chi connectivity index (χ0v) is 9.85. The van der Waals surface area contributed by atoms with Gasteiger partial charge in [-0.2, -0.15) is 0 Å². The van der Waals surface area contributed by atoms with Gasteiger partial charge in [-0.3, -0.25) is 9.59 Å². The monoisotopic (exact) mass is 246 g/mol. The maximum absolute atomic E-state index is 11.8. The van der Waals surface area contributed by atoms with E-state index in [1.165, 1.54) is 5.56 Å². The number of carbonyl (C=O) groups excluding carboxylic acids is 1. The Labute approximate surface area is 104 Å². The van der Waals surface area contributed by atoms with Crippen molar-refractivity contribution in [2.24, 2.45) is 5.92 Å². The molecule has 2 N–H and O–H groups in total. The van der Waals surface area contributed by atoms with Crippen LogP contribution in [0, 0.1) is 5.92 Å². The van der Waals surface area contributed by atoms with Gasteiger partial charge in [0.05, 0.1) is 5.92 Å². The van der Waals surface area contributed by atoms with Gasteiger partial charge >= 0.3 is 5.97 Å². The van der Waals surface area contributed by atoms with E-state index in [1.807, 2.05) is 18.2 Å². The quantitative estimate of drug-likeness (QED) is 0.819. The molecule has 0 bridgehead atoms. The molecule has 1 amide bonds. The van der Waals surface area contributed by atoms with Crippen LogP contribution in [-0.4, -0.2) is 30.1 Å². The summed E-state index contributed by atoms with van der Waals surface area (Å²) in [4.78, 5) is 24.3. The molecule has 0 radical (unpaired) electrons. The number of benzene rings is 1. The van der Waals surface area contributed by atoms with E-state index in [4.69, 9.17) is 5.11 Å². The Morgan fingerprint density at radius 2 is 2.28 bits per heavy atom. The predicted octanol–water partition coefficient (Wildman–Crippen LogP) is 1.09. The summed E-state index contributed by atoms with van der Waals surface area (Å²) in [6.07, 6.45) is 1.05. The first-order valence-electron chi connectivity index (χ1n) is 6.05. The molecule has 3 rings (SSSR count). The summed E-state index contributed by atoms with van der Waals surface area (Å²) >= 11 is 0. The number of hydrogen-bond donors (Lipinski definition) is 2. The van der Waals surface area contributed by atoms with Gasteiger partial charge in [-0.05, 0) is 30.2 Å². The fourth-order valence-corrected chi connectivity index (χ4v) is 2.58. The van der Waals surface area contributed by atoms with Crippen molar-refractivity contribution in [3.63, 3.8) is 0 Å². The van der Waals surface area contributed by atoms with Gasteiger partial charge in [0.2, 0.25) is 5.91 Å². The molecule has 0 saturated carbocycles. The summed E-state index contributed by atoms with van der Waals surface area (Å²) < 4.78 is 0. The summed E-state index contributed by atoms with van der Waals surface area (Å²) in [7, 11) is 0. The average Bonchev–Trinajstić information content (AvgIpc) is 2.93. The summed E-state index contributed by atoms with van der Waals surface area (Å²) in [6, 6.07) is 5.82. The molecule has 1 aromatic carbocycles. The minimum absolute atomic E-state index is 0.102. The van der Waals surface area contributed by atoms with Crippen molar-refractivity contribution >= 4 is 23.3 Å². The summed E-state index contributed by atoms with van der Waals surface area (Å²) in [5.41, 5.74) is 3.12. The van der Waals surface area contributed by atoms with Gasteiger partial charge in [0.25, 0.3) is 0 Å². The zero-order valence-electron chi connectivity index (χ0n) is 9.85. The van der Waals surface area contributed by atoms with Crippen LogP contribution in [0.5, 0.6) is 0 Å². The minimum Gasteiger partial charge on any atom is -0.481 e. The number of anilines is 2. The van der Waals surface area contributed by atoms with Crippen molar-refractivity contribution in [1.29, 1.82) is 0 Å². The maximum atomic E-state index is 11.8. The second-order valence-electron chi connectivity index (χ2n) is 4.76.